The van der Waals surface area contributed by atoms with Gasteiger partial charge in [0.05, 0.1) is 18.7 Å². The highest BCUT2D eigenvalue weighted by molar-refractivity contribution is 5.70. The summed E-state index contributed by atoms with van der Waals surface area (Å²) >= 11 is 0. The first kappa shape index (κ1) is 15.4. The molecule has 0 aliphatic rings. The van der Waals surface area contributed by atoms with Crippen LogP contribution in [0.25, 0.3) is 6.20 Å². The van der Waals surface area contributed by atoms with Crippen molar-refractivity contribution >= 4 is 12.2 Å². The van der Waals surface area contributed by atoms with Crippen molar-refractivity contribution in [1.29, 1.82) is 0 Å². The first-order chi connectivity index (χ1) is 8.01. The minimum absolute atomic E-state index is 0.843. The molecule has 0 aromatic carbocycles. The fourth-order valence-electron chi connectivity index (χ4n) is 0.992. The fourth-order valence-corrected chi connectivity index (χ4v) is 0.992. The molecule has 0 unspecified atom stereocenters. The number of unbranched alkanes of at least 4 members (excludes halogenated alkanes) is 1. The maximum atomic E-state index is 9.46. The number of aliphatic carboxylic acids is 1. The van der Waals surface area contributed by atoms with E-state index in [1.54, 1.807) is 6.20 Å². The van der Waals surface area contributed by atoms with Crippen molar-refractivity contribution in [2.45, 2.75) is 39.3 Å². The molecule has 96 valence electrons. The Morgan fingerprint density at radius 3 is 2.65 bits per heavy atom. The van der Waals surface area contributed by atoms with Crippen molar-refractivity contribution in [3.05, 3.63) is 25.3 Å². The molecule has 1 rings (SSSR count). The Labute approximate surface area is 102 Å². The van der Waals surface area contributed by atoms with E-state index in [4.69, 9.17) is 5.73 Å². The molecule has 5 nitrogen and oxygen atoms in total. The summed E-state index contributed by atoms with van der Waals surface area (Å²) < 4.78 is 4.13. The van der Waals surface area contributed by atoms with Gasteiger partial charge in [-0.2, -0.15) is 0 Å². The third-order valence-electron chi connectivity index (χ3n) is 2.06. The monoisotopic (exact) mass is 239 g/mol. The van der Waals surface area contributed by atoms with Crippen LogP contribution < -0.4 is 15.4 Å². The molecule has 0 radical (unpaired) electrons. The number of hydrogen-bond acceptors (Lipinski definition) is 3. The highest BCUT2D eigenvalue weighted by Crippen LogP contribution is 1.88. The number of rotatable bonds is 5. The molecule has 1 aromatic rings. The van der Waals surface area contributed by atoms with E-state index in [0.717, 1.165) is 6.54 Å². The molecule has 1 heterocycles. The maximum absolute atomic E-state index is 9.46. The van der Waals surface area contributed by atoms with Crippen LogP contribution in [-0.4, -0.2) is 16.6 Å². The van der Waals surface area contributed by atoms with Gasteiger partial charge in [0, 0.05) is 6.04 Å². The smallest absolute Gasteiger partial charge is 0.248 e. The number of carboxylic acids is 1. The van der Waals surface area contributed by atoms with Crippen LogP contribution >= 0.6 is 0 Å². The topological polar surface area (TPSA) is 75.0 Å². The number of imidazole rings is 1. The maximum Gasteiger partial charge on any atom is 0.248 e. The Bertz CT molecular complexity index is 345. The van der Waals surface area contributed by atoms with E-state index < -0.39 is 12.0 Å². The van der Waals surface area contributed by atoms with Gasteiger partial charge < -0.3 is 15.6 Å². The van der Waals surface area contributed by atoms with Gasteiger partial charge in [-0.15, -0.1) is 0 Å². The zero-order valence-corrected chi connectivity index (χ0v) is 10.5. The normalized spacial score (nSPS) is 11.2. The van der Waals surface area contributed by atoms with Crippen LogP contribution in [0, 0.1) is 0 Å². The van der Waals surface area contributed by atoms with Crippen LogP contribution in [0.3, 0.4) is 0 Å². The lowest BCUT2D eigenvalue weighted by molar-refractivity contribution is -0.696. The van der Waals surface area contributed by atoms with Crippen molar-refractivity contribution in [3.8, 4) is 0 Å². The van der Waals surface area contributed by atoms with E-state index in [2.05, 4.69) is 24.3 Å². The largest absolute Gasteiger partial charge is 0.548 e. The van der Waals surface area contributed by atoms with Crippen LogP contribution in [-0.2, 0) is 11.3 Å². The van der Waals surface area contributed by atoms with Crippen LogP contribution in [0.15, 0.2) is 25.3 Å². The average molecular weight is 239 g/mol. The summed E-state index contributed by atoms with van der Waals surface area (Å²) in [4.78, 5) is 9.46. The molecule has 17 heavy (non-hydrogen) atoms. The lowest BCUT2D eigenvalue weighted by Crippen LogP contribution is -2.39. The lowest BCUT2D eigenvalue weighted by Gasteiger charge is -2.01. The van der Waals surface area contributed by atoms with E-state index in [9.17, 15) is 9.90 Å². The molecule has 0 saturated carbocycles. The molecule has 0 amide bonds. The third kappa shape index (κ3) is 7.30. The number of nitrogens with zero attached hydrogens (tertiary/aromatic N) is 2. The highest BCUT2D eigenvalue weighted by atomic mass is 16.4. The summed E-state index contributed by atoms with van der Waals surface area (Å²) in [6.07, 6.45) is 10.4. The summed E-state index contributed by atoms with van der Waals surface area (Å²) in [6, 6.07) is -0.843. The van der Waals surface area contributed by atoms with Crippen LogP contribution in [0.4, 0.5) is 0 Å². The van der Waals surface area contributed by atoms with E-state index in [0.29, 0.717) is 0 Å². The van der Waals surface area contributed by atoms with Gasteiger partial charge in [0.2, 0.25) is 6.33 Å². The second-order valence-corrected chi connectivity index (χ2v) is 3.74. The van der Waals surface area contributed by atoms with Crippen molar-refractivity contribution in [2.75, 3.05) is 0 Å². The summed E-state index contributed by atoms with van der Waals surface area (Å²) in [7, 11) is 0. The first-order valence-electron chi connectivity index (χ1n) is 5.66. The zero-order chi connectivity index (χ0) is 13.3. The number of carbonyl (C=O) groups excluding carboxylic acids is 1. The van der Waals surface area contributed by atoms with E-state index in [1.165, 1.54) is 19.8 Å². The van der Waals surface area contributed by atoms with Crippen LogP contribution in [0.1, 0.15) is 26.7 Å². The Balaban J connectivity index is 0.000000366. The molecule has 0 spiro atoms. The number of nitrogens with two attached hydrogens (primary N) is 1. The minimum Gasteiger partial charge on any atom is -0.548 e. The molecule has 5 heteroatoms. The lowest BCUT2D eigenvalue weighted by atomic mass is 10.3. The van der Waals surface area contributed by atoms with Gasteiger partial charge in [0.25, 0.3) is 0 Å². The third-order valence-corrected chi connectivity index (χ3v) is 2.06. The summed E-state index contributed by atoms with van der Waals surface area (Å²) in [6.45, 7) is 8.34. The van der Waals surface area contributed by atoms with Gasteiger partial charge >= 0.3 is 0 Å². The van der Waals surface area contributed by atoms with Crippen LogP contribution in [0.5, 0.6) is 0 Å². The van der Waals surface area contributed by atoms with Gasteiger partial charge in [-0.1, -0.05) is 19.9 Å². The summed E-state index contributed by atoms with van der Waals surface area (Å²) in [5.41, 5.74) is 4.77. The molecule has 0 bridgehead atoms. The SMILES string of the molecule is C=Cn1cc[n+](CCCC)c1.C[C@H](N)C(=O)[O-]. The standard InChI is InChI=1S/C9H15N2.C3H7NO2/c1-3-5-6-11-8-7-10(4-2)9-11;1-2(4)3(5)6/h4,7-9H,2-3,5-6H2,1H3;2H,4H2,1H3,(H,5,6)/q+1;/p-1/t;2-/m.0/s1. The Hall–Kier alpha value is -1.62. The van der Waals surface area contributed by atoms with Gasteiger partial charge in [-0.3, -0.25) is 0 Å². The Morgan fingerprint density at radius 1 is 1.71 bits per heavy atom. The van der Waals surface area contributed by atoms with Crippen molar-refractivity contribution in [1.82, 2.24) is 4.57 Å². The molecule has 0 aliphatic carbocycles. The fraction of sp³-hybridized carbons (Fsp3) is 0.500. The zero-order valence-electron chi connectivity index (χ0n) is 10.5. The van der Waals surface area contributed by atoms with E-state index >= 15 is 0 Å². The number of hydrogen-bond donors (Lipinski definition) is 1. The number of carboxylic acid groups (broad SMARTS) is 1. The van der Waals surface area contributed by atoms with Crippen LogP contribution in [0.2, 0.25) is 0 Å². The van der Waals surface area contributed by atoms with E-state index in [-0.39, 0.29) is 0 Å². The predicted molar refractivity (Wildman–Crippen MR) is 64.6 cm³/mol. The molecular weight excluding hydrogens is 218 g/mol. The average Bonchev–Trinajstić information content (AvgIpc) is 2.75. The van der Waals surface area contributed by atoms with E-state index in [1.807, 2.05) is 17.1 Å². The van der Waals surface area contributed by atoms with Crippen molar-refractivity contribution in [2.24, 2.45) is 5.73 Å². The van der Waals surface area contributed by atoms with Gasteiger partial charge in [-0.25, -0.2) is 9.13 Å². The van der Waals surface area contributed by atoms with Crippen molar-refractivity contribution < 1.29 is 14.5 Å². The van der Waals surface area contributed by atoms with Gasteiger partial charge in [0.1, 0.15) is 12.4 Å². The molecule has 0 saturated heterocycles. The molecule has 1 aromatic heterocycles. The minimum atomic E-state index is -1.21. The molecule has 0 aliphatic heterocycles. The van der Waals surface area contributed by atoms with Gasteiger partial charge in [0.15, 0.2) is 0 Å². The number of carbonyl (C=O) groups is 1. The predicted octanol–water partition coefficient (Wildman–Crippen LogP) is -0.240. The number of aryl methyl sites for hydroxylation is 1. The summed E-state index contributed by atoms with van der Waals surface area (Å²) in [5.74, 6) is -1.21. The quantitative estimate of drug-likeness (QED) is 0.721. The Kier molecular flexibility index (Phi) is 7.71. The first-order valence-corrected chi connectivity index (χ1v) is 5.66. The van der Waals surface area contributed by atoms with Gasteiger partial charge in [-0.05, 0) is 13.3 Å². The second-order valence-electron chi connectivity index (χ2n) is 3.74. The van der Waals surface area contributed by atoms with Crippen molar-refractivity contribution in [3.63, 3.8) is 0 Å². The highest BCUT2D eigenvalue weighted by Gasteiger charge is 1.98. The molecular formula is C12H21N3O2. The molecule has 2 N–H and O–H groups in total. The Morgan fingerprint density at radius 2 is 2.29 bits per heavy atom. The molecule has 0 fully saturated rings. The summed E-state index contributed by atoms with van der Waals surface area (Å²) in [5, 5.41) is 9.46. The number of aromatic nitrogens is 2. The molecule has 1 atom stereocenters. The second kappa shape index (κ2) is 8.52.